The van der Waals surface area contributed by atoms with E-state index in [4.69, 9.17) is 4.74 Å². The van der Waals surface area contributed by atoms with E-state index in [1.54, 1.807) is 41.6 Å². The van der Waals surface area contributed by atoms with Crippen molar-refractivity contribution < 1.29 is 22.7 Å². The van der Waals surface area contributed by atoms with E-state index >= 15 is 0 Å². The third kappa shape index (κ3) is 5.30. The van der Waals surface area contributed by atoms with E-state index in [-0.39, 0.29) is 30.9 Å². The van der Waals surface area contributed by atoms with E-state index in [0.29, 0.717) is 56.1 Å². The highest BCUT2D eigenvalue weighted by atomic mass is 19.4. The van der Waals surface area contributed by atoms with E-state index in [2.05, 4.69) is 24.8 Å². The van der Waals surface area contributed by atoms with E-state index in [9.17, 15) is 18.0 Å². The summed E-state index contributed by atoms with van der Waals surface area (Å²) < 4.78 is 49.1. The number of imidazole rings is 1. The van der Waals surface area contributed by atoms with Gasteiger partial charge < -0.3 is 24.0 Å². The first-order chi connectivity index (χ1) is 20.2. The Morgan fingerprint density at radius 2 is 1.83 bits per heavy atom. The Morgan fingerprint density at radius 3 is 2.57 bits per heavy atom. The molecule has 2 aliphatic heterocycles. The third-order valence-corrected chi connectivity index (χ3v) is 7.91. The predicted molar refractivity (Wildman–Crippen MR) is 150 cm³/mol. The fourth-order valence-corrected chi connectivity index (χ4v) is 5.91. The molecule has 10 nitrogen and oxygen atoms in total. The van der Waals surface area contributed by atoms with Gasteiger partial charge in [-0.15, -0.1) is 0 Å². The van der Waals surface area contributed by atoms with E-state index in [1.165, 1.54) is 6.07 Å². The molecule has 1 aromatic carbocycles. The molecule has 1 saturated heterocycles. The van der Waals surface area contributed by atoms with Crippen LogP contribution in [0, 0.1) is 0 Å². The number of alkyl halides is 3. The molecule has 1 atom stereocenters. The first-order valence-corrected chi connectivity index (χ1v) is 13.9. The van der Waals surface area contributed by atoms with Gasteiger partial charge in [-0.2, -0.15) is 13.2 Å². The van der Waals surface area contributed by atoms with Crippen LogP contribution < -0.4 is 14.5 Å². The van der Waals surface area contributed by atoms with Crippen molar-refractivity contribution in [3.8, 4) is 6.01 Å². The van der Waals surface area contributed by atoms with Gasteiger partial charge in [0.1, 0.15) is 12.1 Å². The Balaban J connectivity index is 1.22. The van der Waals surface area contributed by atoms with Gasteiger partial charge in [-0.05, 0) is 55.7 Å². The molecule has 3 aromatic heterocycles. The number of pyridine rings is 1. The van der Waals surface area contributed by atoms with Crippen LogP contribution in [-0.4, -0.2) is 74.1 Å². The zero-order valence-electron chi connectivity index (χ0n) is 23.4. The van der Waals surface area contributed by atoms with Crippen molar-refractivity contribution in [3.05, 3.63) is 65.9 Å². The van der Waals surface area contributed by atoms with E-state index < -0.39 is 11.7 Å². The van der Waals surface area contributed by atoms with Crippen LogP contribution in [0.5, 0.6) is 6.01 Å². The number of carbonyl (C=O) groups excluding carboxylic acids is 1. The number of ether oxygens (including phenoxy) is 1. The molecule has 0 N–H and O–H groups in total. The highest BCUT2D eigenvalue weighted by Gasteiger charge is 2.38. The molecule has 2 aliphatic rings. The fourth-order valence-electron chi connectivity index (χ4n) is 5.91. The number of amides is 1. The van der Waals surface area contributed by atoms with Gasteiger partial charge in [0.15, 0.2) is 5.65 Å². The molecule has 0 bridgehead atoms. The lowest BCUT2D eigenvalue weighted by Crippen LogP contribution is -2.55. The zero-order chi connectivity index (χ0) is 29.4. The summed E-state index contributed by atoms with van der Waals surface area (Å²) in [5.74, 6) is -0.0526. The van der Waals surface area contributed by atoms with Gasteiger partial charge in [0.2, 0.25) is 5.91 Å². The molecule has 1 amide bonds. The monoisotopic (exact) mass is 580 g/mol. The summed E-state index contributed by atoms with van der Waals surface area (Å²) in [5.41, 5.74) is 3.24. The van der Waals surface area contributed by atoms with Crippen molar-refractivity contribution in [2.24, 2.45) is 0 Å². The highest BCUT2D eigenvalue weighted by Crippen LogP contribution is 2.40. The van der Waals surface area contributed by atoms with Crippen molar-refractivity contribution in [1.29, 1.82) is 0 Å². The second-order valence-corrected chi connectivity index (χ2v) is 10.5. The smallest absolute Gasteiger partial charge is 0.416 e. The number of halogens is 3. The number of carbonyl (C=O) groups is 1. The van der Waals surface area contributed by atoms with Gasteiger partial charge in [-0.25, -0.2) is 19.9 Å². The first kappa shape index (κ1) is 27.7. The Kier molecular flexibility index (Phi) is 7.33. The van der Waals surface area contributed by atoms with Gasteiger partial charge in [0.05, 0.1) is 36.6 Å². The number of rotatable bonds is 6. The van der Waals surface area contributed by atoms with E-state index in [0.717, 1.165) is 16.9 Å². The molecule has 1 fully saturated rings. The van der Waals surface area contributed by atoms with Crippen LogP contribution in [0.2, 0.25) is 0 Å². The molecular weight excluding hydrogens is 549 g/mol. The average molecular weight is 581 g/mol. The maximum atomic E-state index is 14.0. The van der Waals surface area contributed by atoms with Crippen LogP contribution in [0.1, 0.15) is 30.5 Å². The zero-order valence-corrected chi connectivity index (χ0v) is 23.4. The lowest BCUT2D eigenvalue weighted by molar-refractivity contribution is -0.138. The molecule has 6 rings (SSSR count). The minimum atomic E-state index is -4.45. The van der Waals surface area contributed by atoms with E-state index in [1.807, 2.05) is 29.7 Å². The second-order valence-electron chi connectivity index (χ2n) is 10.5. The average Bonchev–Trinajstić information content (AvgIpc) is 3.39. The molecule has 42 heavy (non-hydrogen) atoms. The topological polar surface area (TPSA) is 92.5 Å². The largest absolute Gasteiger partial charge is 0.464 e. The van der Waals surface area contributed by atoms with Crippen LogP contribution in [-0.2, 0) is 30.5 Å². The maximum absolute atomic E-state index is 14.0. The summed E-state index contributed by atoms with van der Waals surface area (Å²) in [5, 5.41) is 0. The number of aromatic nitrogens is 5. The number of anilines is 2. The lowest BCUT2D eigenvalue weighted by atomic mass is 9.91. The summed E-state index contributed by atoms with van der Waals surface area (Å²) >= 11 is 0. The summed E-state index contributed by atoms with van der Waals surface area (Å²) in [7, 11) is 0. The van der Waals surface area contributed by atoms with Gasteiger partial charge in [0, 0.05) is 50.6 Å². The number of fused-ring (bicyclic) bond motifs is 2. The Labute approximate surface area is 240 Å². The third-order valence-electron chi connectivity index (χ3n) is 7.91. The number of piperazine rings is 1. The Hall–Kier alpha value is -4.42. The van der Waals surface area contributed by atoms with Gasteiger partial charge >= 0.3 is 12.2 Å². The molecule has 5 heterocycles. The van der Waals surface area contributed by atoms with Crippen LogP contribution >= 0.6 is 0 Å². The van der Waals surface area contributed by atoms with Gasteiger partial charge in [-0.3, -0.25) is 4.79 Å². The SMILES string of the molecule is CCOc1ncc(N2CCc3c(C(F)(F)F)ccc(N4CCN(C(=O)Cn5cnc6cccnc65)[C@H](C)C4)c3C2)cn1. The molecule has 13 heteroatoms. The Bertz CT molecular complexity index is 1590. The summed E-state index contributed by atoms with van der Waals surface area (Å²) in [6.07, 6.45) is 2.36. The number of benzene rings is 1. The molecule has 0 saturated carbocycles. The van der Waals surface area contributed by atoms with Gasteiger partial charge in [-0.1, -0.05) is 0 Å². The van der Waals surface area contributed by atoms with Crippen molar-refractivity contribution in [2.45, 2.75) is 45.6 Å². The van der Waals surface area contributed by atoms with Gasteiger partial charge in [0.25, 0.3) is 0 Å². The standard InChI is InChI=1S/C29H31F3N8O2/c1-3-42-28-34-13-20(14-35-28)37-10-8-21-22(16-37)25(7-6-23(21)29(30,31)32)38-11-12-40(19(2)15-38)26(41)17-39-18-36-24-5-4-9-33-27(24)39/h4-7,9,13-14,18-19H,3,8,10-12,15-17H2,1-2H3/t19-/m1/s1. The van der Waals surface area contributed by atoms with Crippen molar-refractivity contribution >= 4 is 28.4 Å². The summed E-state index contributed by atoms with van der Waals surface area (Å²) in [6.45, 7) is 6.52. The molecular formula is C29H31F3N8O2. The molecule has 0 unspecified atom stereocenters. The van der Waals surface area contributed by atoms with Crippen LogP contribution in [0.4, 0.5) is 24.5 Å². The van der Waals surface area contributed by atoms with Crippen molar-refractivity contribution in [3.63, 3.8) is 0 Å². The predicted octanol–water partition coefficient (Wildman–Crippen LogP) is 3.94. The fraction of sp³-hybridized carbons (Fsp3) is 0.414. The van der Waals surface area contributed by atoms with Crippen LogP contribution in [0.3, 0.4) is 0 Å². The van der Waals surface area contributed by atoms with Crippen LogP contribution in [0.15, 0.2) is 49.2 Å². The quantitative estimate of drug-likeness (QED) is 0.339. The number of hydrogen-bond acceptors (Lipinski definition) is 8. The number of nitrogens with zero attached hydrogens (tertiary/aromatic N) is 8. The van der Waals surface area contributed by atoms with Crippen molar-refractivity contribution in [1.82, 2.24) is 29.4 Å². The highest BCUT2D eigenvalue weighted by molar-refractivity contribution is 5.79. The minimum absolute atomic E-state index is 0.0526. The molecule has 0 aliphatic carbocycles. The first-order valence-electron chi connectivity index (χ1n) is 13.9. The normalized spacial score (nSPS) is 17.5. The minimum Gasteiger partial charge on any atom is -0.464 e. The lowest BCUT2D eigenvalue weighted by Gasteiger charge is -2.43. The molecule has 0 radical (unpaired) electrons. The summed E-state index contributed by atoms with van der Waals surface area (Å²) in [4.78, 5) is 36.3. The maximum Gasteiger partial charge on any atom is 0.416 e. The molecule has 4 aromatic rings. The second kappa shape index (κ2) is 11.1. The van der Waals surface area contributed by atoms with Crippen LogP contribution in [0.25, 0.3) is 11.2 Å². The number of hydrogen-bond donors (Lipinski definition) is 0. The molecule has 220 valence electrons. The Morgan fingerprint density at radius 1 is 1.02 bits per heavy atom. The van der Waals surface area contributed by atoms with Crippen molar-refractivity contribution in [2.75, 3.05) is 42.6 Å². The summed E-state index contributed by atoms with van der Waals surface area (Å²) in [6, 6.07) is 6.54. The molecule has 0 spiro atoms.